The van der Waals surface area contributed by atoms with Gasteiger partial charge in [-0.3, -0.25) is 9.98 Å². The number of amides is 2. The zero-order chi connectivity index (χ0) is 63.2. The minimum Gasteiger partial charge on any atom is -0.446 e. The molecule has 14 heteroatoms. The van der Waals surface area contributed by atoms with Crippen LogP contribution in [0.4, 0.5) is 9.59 Å². The van der Waals surface area contributed by atoms with Gasteiger partial charge in [0.25, 0.3) is 0 Å². The largest absolute Gasteiger partial charge is 0.446 e. The molecule has 16 atom stereocenters. The van der Waals surface area contributed by atoms with Crippen LogP contribution in [-0.2, 0) is 9.47 Å². The quantitative estimate of drug-likeness (QED) is 0.0158. The number of carbonyl (C=O) groups excluding carboxylic acids is 2. The maximum absolute atomic E-state index is 13.4. The van der Waals surface area contributed by atoms with Crippen LogP contribution in [0.1, 0.15) is 249 Å². The van der Waals surface area contributed by atoms with Gasteiger partial charge in [0, 0.05) is 39.0 Å². The normalized spacial score (nSPS) is 33.8. The number of fused-ring (bicyclic) bond motifs is 10. The Morgan fingerprint density at radius 2 is 0.886 bits per heavy atom. The lowest BCUT2D eigenvalue weighted by Crippen LogP contribution is -2.51. The second-order valence-corrected chi connectivity index (χ2v) is 32.4. The van der Waals surface area contributed by atoms with E-state index in [1.807, 2.05) is 0 Å². The van der Waals surface area contributed by atoms with Gasteiger partial charge in [0.05, 0.1) is 0 Å². The van der Waals surface area contributed by atoms with Crippen molar-refractivity contribution in [1.29, 1.82) is 0 Å². The van der Waals surface area contributed by atoms with Crippen molar-refractivity contribution in [2.45, 2.75) is 261 Å². The lowest BCUT2D eigenvalue weighted by molar-refractivity contribution is -0.0581. The molecule has 2 amide bonds. The second kappa shape index (κ2) is 32.4. The highest BCUT2D eigenvalue weighted by atomic mass is 16.6. The highest BCUT2D eigenvalue weighted by Gasteiger charge is 2.61. The molecule has 0 radical (unpaired) electrons. The fourth-order valence-corrected chi connectivity index (χ4v) is 21.2. The summed E-state index contributed by atoms with van der Waals surface area (Å²) >= 11 is 0. The first-order valence-corrected chi connectivity index (χ1v) is 36.9. The first kappa shape index (κ1) is 70.4. The van der Waals surface area contributed by atoms with Crippen LogP contribution in [-0.4, -0.2) is 112 Å². The molecule has 6 fully saturated rings. The van der Waals surface area contributed by atoms with E-state index in [4.69, 9.17) is 32.4 Å². The van der Waals surface area contributed by atoms with Gasteiger partial charge in [-0.15, -0.1) is 0 Å². The topological polar surface area (TPSA) is 212 Å². The van der Waals surface area contributed by atoms with Gasteiger partial charge in [-0.25, -0.2) is 9.59 Å². The van der Waals surface area contributed by atoms with Crippen molar-refractivity contribution < 1.29 is 19.1 Å². The number of hydrogen-bond acceptors (Lipinski definition) is 8. The molecule has 88 heavy (non-hydrogen) atoms. The van der Waals surface area contributed by atoms with Crippen molar-refractivity contribution in [3.8, 4) is 0 Å². The fourth-order valence-electron chi connectivity index (χ4n) is 21.2. The predicted molar refractivity (Wildman–Crippen MR) is 365 cm³/mol. The Kier molecular flexibility index (Phi) is 25.9. The van der Waals surface area contributed by atoms with Crippen LogP contribution in [0, 0.1) is 92.7 Å². The molecule has 0 aromatic heterocycles. The van der Waals surface area contributed by atoms with Crippen LogP contribution >= 0.6 is 0 Å². The first-order chi connectivity index (χ1) is 42.0. The number of nitrogens with one attached hydrogen (secondary N) is 2. The van der Waals surface area contributed by atoms with Crippen LogP contribution in [0.3, 0.4) is 0 Å². The molecule has 14 nitrogen and oxygen atoms in total. The lowest BCUT2D eigenvalue weighted by atomic mass is 9.47. The number of aliphatic imine (C=N–C) groups is 2. The highest BCUT2D eigenvalue weighted by molar-refractivity contribution is 5.76. The number of carbonyl (C=O) groups is 2. The molecule has 10 N–H and O–H groups in total. The number of unbranched alkanes of at least 4 members (excludes halogenated alkanes) is 1. The smallest absolute Gasteiger partial charge is 0.407 e. The summed E-state index contributed by atoms with van der Waals surface area (Å²) in [6, 6.07) is 0. The molecule has 8 aliphatic carbocycles. The number of nitrogens with zero attached hydrogens (tertiary/aromatic N) is 4. The van der Waals surface area contributed by atoms with E-state index in [-0.39, 0.29) is 47.1 Å². The van der Waals surface area contributed by atoms with Crippen LogP contribution in [0.5, 0.6) is 0 Å². The van der Waals surface area contributed by atoms with Gasteiger partial charge in [-0.1, -0.05) is 131 Å². The Morgan fingerprint density at radius 3 is 1.27 bits per heavy atom. The Hall–Kier alpha value is -3.52. The van der Waals surface area contributed by atoms with Gasteiger partial charge in [0.15, 0.2) is 11.9 Å². The third-order valence-corrected chi connectivity index (χ3v) is 26.0. The summed E-state index contributed by atoms with van der Waals surface area (Å²) in [7, 11) is 0. The van der Waals surface area contributed by atoms with Gasteiger partial charge in [0.1, 0.15) is 12.2 Å². The lowest BCUT2D eigenvalue weighted by Gasteiger charge is -2.58. The fraction of sp³-hybridized carbons (Fsp3) is 0.892. The van der Waals surface area contributed by atoms with E-state index < -0.39 is 0 Å². The summed E-state index contributed by atoms with van der Waals surface area (Å²) in [5.41, 5.74) is 27.3. The molecule has 0 aromatic rings. The predicted octanol–water partition coefficient (Wildman–Crippen LogP) is 14.8. The second-order valence-electron chi connectivity index (χ2n) is 32.4. The number of nitrogens with two attached hydrogens (primary N) is 4. The van der Waals surface area contributed by atoms with Gasteiger partial charge >= 0.3 is 12.2 Å². The van der Waals surface area contributed by atoms with Crippen molar-refractivity contribution in [3.05, 3.63) is 23.3 Å². The molecule has 8 aliphatic rings. The molecule has 0 aliphatic heterocycles. The first-order valence-electron chi connectivity index (χ1n) is 36.9. The monoisotopic (exact) mass is 1230 g/mol. The molecule has 8 rings (SSSR count). The zero-order valence-corrected chi connectivity index (χ0v) is 57.8. The molecule has 0 heterocycles. The van der Waals surface area contributed by atoms with Gasteiger partial charge in [-0.05, 0) is 260 Å². The van der Waals surface area contributed by atoms with Crippen molar-refractivity contribution >= 4 is 24.1 Å². The number of hydrogen-bond donors (Lipinski definition) is 6. The maximum atomic E-state index is 13.4. The molecule has 0 aromatic carbocycles. The molecule has 502 valence electrons. The van der Waals surface area contributed by atoms with Gasteiger partial charge in [-0.2, -0.15) is 0 Å². The standard InChI is InChI=1S/C74H132N10O4/c1-51(2)19-13-21-53(5)61-27-29-63-59-25-23-55-49-57(31-35-71(55,7)65(59)33-37-73(61,63)9)87-69(85)81-41-17-47-83(45-15-39-79-67(75)76)43-11-12-44-84(46-16-40-80-68(77)78)48-18-42-82-70(86)88-58-32-36-72(8)56(50-58)24-26-60-64-30-28-62(54(6)22-14-20-52(3)4)74(64,10)38-34-66(60)72/h23-24,51-54,57-66H,11-22,25-50H2,1-10H3,(H,81,85)(H,82,86)(H4,75,76,79)(H4,77,78,80). The summed E-state index contributed by atoms with van der Waals surface area (Å²) in [5.74, 6) is 10.1. The molecule has 0 saturated heterocycles. The Balaban J connectivity index is 0.736. The number of guanidine groups is 2. The zero-order valence-electron chi connectivity index (χ0n) is 57.8. The summed E-state index contributed by atoms with van der Waals surface area (Å²) in [5, 5.41) is 6.25. The number of alkyl carbamates (subject to hydrolysis) is 2. The Morgan fingerprint density at radius 1 is 0.500 bits per heavy atom. The average Bonchev–Trinajstić information content (AvgIpc) is 1.51. The summed E-state index contributed by atoms with van der Waals surface area (Å²) in [6.07, 6.45) is 37.7. The minimum atomic E-state index is -0.283. The maximum Gasteiger partial charge on any atom is 0.407 e. The average molecular weight is 1230 g/mol. The van der Waals surface area contributed by atoms with Crippen molar-refractivity contribution in [2.24, 2.45) is 126 Å². The summed E-state index contributed by atoms with van der Waals surface area (Å²) < 4.78 is 12.4. The van der Waals surface area contributed by atoms with Crippen molar-refractivity contribution in [3.63, 3.8) is 0 Å². The van der Waals surface area contributed by atoms with Gasteiger partial charge < -0.3 is 52.8 Å². The molecular formula is C74H132N10O4. The minimum absolute atomic E-state index is 0.0582. The van der Waals surface area contributed by atoms with Crippen molar-refractivity contribution in [2.75, 3.05) is 65.4 Å². The van der Waals surface area contributed by atoms with Crippen LogP contribution < -0.4 is 33.6 Å². The number of rotatable bonds is 33. The SMILES string of the molecule is CC(C)CCCC(C)C1CCC2C3CC=C4CC(OC(=O)NCCCN(CCCCN(CCCN=C(N)N)CCCNC(=O)OC5CCC6(C)C(=CCC7C6CCC6(C)C(C(C)CCCC(C)C)CCC76)C5)CCCN=C(N)N)CCC4(C)C3CCC12C. The molecule has 16 unspecified atom stereocenters. The summed E-state index contributed by atoms with van der Waals surface area (Å²) in [4.78, 5) is 40.2. The van der Waals surface area contributed by atoms with Crippen LogP contribution in [0.2, 0.25) is 0 Å². The van der Waals surface area contributed by atoms with E-state index in [0.717, 1.165) is 187 Å². The van der Waals surface area contributed by atoms with Crippen molar-refractivity contribution in [1.82, 2.24) is 20.4 Å². The van der Waals surface area contributed by atoms with E-state index in [1.165, 1.54) is 103 Å². The van der Waals surface area contributed by atoms with E-state index >= 15 is 0 Å². The highest BCUT2D eigenvalue weighted by Crippen LogP contribution is 2.69. The third-order valence-electron chi connectivity index (χ3n) is 26.0. The van der Waals surface area contributed by atoms with E-state index in [2.05, 4.69) is 112 Å². The van der Waals surface area contributed by atoms with Gasteiger partial charge in [0.2, 0.25) is 0 Å². The molecule has 6 saturated carbocycles. The van der Waals surface area contributed by atoms with E-state index in [1.54, 1.807) is 11.1 Å². The third kappa shape index (κ3) is 17.8. The summed E-state index contributed by atoms with van der Waals surface area (Å²) in [6.45, 7) is 32.8. The molecule has 0 bridgehead atoms. The van der Waals surface area contributed by atoms with E-state index in [0.29, 0.717) is 37.0 Å². The van der Waals surface area contributed by atoms with Crippen LogP contribution in [0.25, 0.3) is 0 Å². The van der Waals surface area contributed by atoms with E-state index in [9.17, 15) is 9.59 Å². The molecular weight excluding hydrogens is 1090 g/mol. The Bertz CT molecular complexity index is 2170. The Labute approximate surface area is 536 Å². The number of allylic oxidation sites excluding steroid dienone is 2. The van der Waals surface area contributed by atoms with Crippen LogP contribution in [0.15, 0.2) is 33.3 Å². The number of ether oxygens (including phenoxy) is 2. The molecule has 0 spiro atoms.